The average molecular weight is 542 g/mol. The molecule has 0 radical (unpaired) electrons. The van der Waals surface area contributed by atoms with Crippen LogP contribution >= 0.6 is 11.6 Å². The monoisotopic (exact) mass is 541 g/mol. The molecule has 0 saturated carbocycles. The van der Waals surface area contributed by atoms with E-state index >= 15 is 0 Å². The van der Waals surface area contributed by atoms with Gasteiger partial charge < -0.3 is 10.5 Å². The number of nitrogens with two attached hydrogens (primary N) is 1. The van der Waals surface area contributed by atoms with Gasteiger partial charge in [-0.2, -0.15) is 18.3 Å². The number of fused-ring (bicyclic) bond motifs is 4. The van der Waals surface area contributed by atoms with E-state index in [1.807, 2.05) is 0 Å². The van der Waals surface area contributed by atoms with Crippen molar-refractivity contribution in [2.45, 2.75) is 19.1 Å². The summed E-state index contributed by atoms with van der Waals surface area (Å²) in [6, 6.07) is 5.69. The summed E-state index contributed by atoms with van der Waals surface area (Å²) in [6.07, 6.45) is 0.199. The third kappa shape index (κ3) is 3.71. The molecule has 0 aliphatic carbocycles. The third-order valence-electron chi connectivity index (χ3n) is 6.57. The van der Waals surface area contributed by atoms with Crippen LogP contribution in [0.4, 0.5) is 24.7 Å². The number of alkyl halides is 3. The van der Waals surface area contributed by atoms with E-state index in [0.29, 0.717) is 33.6 Å². The fourth-order valence-electron chi connectivity index (χ4n) is 4.78. The number of benzene rings is 2. The summed E-state index contributed by atoms with van der Waals surface area (Å²) in [5, 5.41) is 4.31. The van der Waals surface area contributed by atoms with Crippen LogP contribution in [0.25, 0.3) is 16.6 Å². The second-order valence-electron chi connectivity index (χ2n) is 8.97. The molecule has 5 aromatic rings. The van der Waals surface area contributed by atoms with Crippen molar-refractivity contribution in [1.29, 1.82) is 0 Å². The first-order valence-electron chi connectivity index (χ1n) is 11.4. The third-order valence-corrected chi connectivity index (χ3v) is 6.89. The number of anilines is 2. The highest BCUT2D eigenvalue weighted by Gasteiger charge is 2.38. The number of amides is 1. The molecule has 194 valence electrons. The molecule has 2 N–H and O–H groups in total. The van der Waals surface area contributed by atoms with Gasteiger partial charge in [-0.1, -0.05) is 17.7 Å². The van der Waals surface area contributed by atoms with E-state index in [2.05, 4.69) is 15.1 Å². The second-order valence-corrected chi connectivity index (χ2v) is 9.38. The number of rotatable bonds is 3. The van der Waals surface area contributed by atoms with Crippen LogP contribution in [-0.2, 0) is 13.2 Å². The number of aryl methyl sites for hydroxylation is 2. The maximum atomic E-state index is 14.2. The summed E-state index contributed by atoms with van der Waals surface area (Å²) in [6.45, 7) is 1.75. The Kier molecular flexibility index (Phi) is 5.28. The van der Waals surface area contributed by atoms with Gasteiger partial charge in [-0.15, -0.1) is 0 Å². The quantitative estimate of drug-likeness (QED) is 0.346. The van der Waals surface area contributed by atoms with E-state index in [1.54, 1.807) is 42.9 Å². The van der Waals surface area contributed by atoms with Crippen LogP contribution in [0.1, 0.15) is 33.4 Å². The van der Waals surface area contributed by atoms with Crippen LogP contribution in [0.15, 0.2) is 48.9 Å². The molecule has 3 aromatic heterocycles. The van der Waals surface area contributed by atoms with Gasteiger partial charge in [0.15, 0.2) is 0 Å². The van der Waals surface area contributed by atoms with Crippen LogP contribution in [0, 0.1) is 6.92 Å². The van der Waals surface area contributed by atoms with Crippen molar-refractivity contribution in [3.05, 3.63) is 76.5 Å². The predicted molar refractivity (Wildman–Crippen MR) is 134 cm³/mol. The molecule has 13 heteroatoms. The molecular formula is C25H19ClF3N7O2. The highest BCUT2D eigenvalue weighted by molar-refractivity contribution is 6.35. The van der Waals surface area contributed by atoms with Gasteiger partial charge in [0.05, 0.1) is 51.3 Å². The molecule has 0 saturated heterocycles. The Hall–Kier alpha value is -4.32. The van der Waals surface area contributed by atoms with Crippen LogP contribution in [-0.4, -0.2) is 36.7 Å². The summed E-state index contributed by atoms with van der Waals surface area (Å²) >= 11 is 6.60. The molecule has 0 spiro atoms. The van der Waals surface area contributed by atoms with Crippen molar-refractivity contribution in [3.63, 3.8) is 0 Å². The summed E-state index contributed by atoms with van der Waals surface area (Å²) in [5.41, 5.74) is 7.90. The Labute approximate surface area is 218 Å². The number of imidazole rings is 1. The molecule has 4 heterocycles. The zero-order chi connectivity index (χ0) is 26.9. The number of carbonyl (C=O) groups excluding carboxylic acids is 1. The molecule has 0 bridgehead atoms. The van der Waals surface area contributed by atoms with Crippen molar-refractivity contribution >= 4 is 45.6 Å². The average Bonchev–Trinajstić information content (AvgIpc) is 3.58. The van der Waals surface area contributed by atoms with E-state index in [4.69, 9.17) is 22.1 Å². The van der Waals surface area contributed by atoms with Gasteiger partial charge in [-0.05, 0) is 31.2 Å². The van der Waals surface area contributed by atoms with Gasteiger partial charge in [0.2, 0.25) is 0 Å². The molecule has 0 fully saturated rings. The fraction of sp³-hybridized carbons (Fsp3) is 0.200. The number of ether oxygens (including phenoxy) is 1. The van der Waals surface area contributed by atoms with Gasteiger partial charge >= 0.3 is 6.18 Å². The molecule has 0 unspecified atom stereocenters. The fourth-order valence-corrected chi connectivity index (χ4v) is 5.02. The lowest BCUT2D eigenvalue weighted by atomic mass is 10.0. The molecule has 6 rings (SSSR count). The first-order chi connectivity index (χ1) is 18.0. The molecule has 1 atom stereocenters. The zero-order valence-electron chi connectivity index (χ0n) is 20.0. The predicted octanol–water partition coefficient (Wildman–Crippen LogP) is 4.96. The van der Waals surface area contributed by atoms with E-state index < -0.39 is 23.7 Å². The molecule has 1 aliphatic heterocycles. The minimum atomic E-state index is -4.53. The summed E-state index contributed by atoms with van der Waals surface area (Å²) in [5.74, 6) is 0.478. The highest BCUT2D eigenvalue weighted by Crippen LogP contribution is 2.43. The Bertz CT molecular complexity index is 1760. The maximum absolute atomic E-state index is 14.2. The number of aromatic nitrogens is 5. The maximum Gasteiger partial charge on any atom is 0.416 e. The molecule has 2 aromatic carbocycles. The molecular weight excluding hydrogens is 523 g/mol. The first kappa shape index (κ1) is 24.0. The van der Waals surface area contributed by atoms with Gasteiger partial charge in [0, 0.05) is 18.8 Å². The molecule has 38 heavy (non-hydrogen) atoms. The Morgan fingerprint density at radius 2 is 2.00 bits per heavy atom. The van der Waals surface area contributed by atoms with Crippen molar-refractivity contribution in [1.82, 2.24) is 24.1 Å². The van der Waals surface area contributed by atoms with E-state index in [0.717, 1.165) is 12.1 Å². The van der Waals surface area contributed by atoms with Crippen LogP contribution in [0.2, 0.25) is 5.02 Å². The highest BCUT2D eigenvalue weighted by atomic mass is 35.5. The summed E-state index contributed by atoms with van der Waals surface area (Å²) in [4.78, 5) is 24.3. The molecule has 1 amide bonds. The van der Waals surface area contributed by atoms with E-state index in [9.17, 15) is 18.0 Å². The Morgan fingerprint density at radius 1 is 1.21 bits per heavy atom. The lowest BCUT2D eigenvalue weighted by Crippen LogP contribution is -2.36. The van der Waals surface area contributed by atoms with Crippen LogP contribution in [0.3, 0.4) is 0 Å². The van der Waals surface area contributed by atoms with Crippen LogP contribution < -0.4 is 15.4 Å². The van der Waals surface area contributed by atoms with Crippen LogP contribution in [0.5, 0.6) is 5.75 Å². The summed E-state index contributed by atoms with van der Waals surface area (Å²) < 4.78 is 48.8. The zero-order valence-corrected chi connectivity index (χ0v) is 20.7. The smallest absolute Gasteiger partial charge is 0.416 e. The van der Waals surface area contributed by atoms with Gasteiger partial charge in [0.1, 0.15) is 29.5 Å². The minimum absolute atomic E-state index is 0.0502. The number of hydrogen-bond donors (Lipinski definition) is 1. The molecule has 1 aliphatic rings. The van der Waals surface area contributed by atoms with E-state index in [1.165, 1.54) is 21.8 Å². The van der Waals surface area contributed by atoms with Crippen molar-refractivity contribution in [2.75, 3.05) is 17.2 Å². The topological polar surface area (TPSA) is 104 Å². The summed E-state index contributed by atoms with van der Waals surface area (Å²) in [7, 11) is 1.69. The number of nitrogen functional groups attached to an aromatic ring is 1. The van der Waals surface area contributed by atoms with Crippen molar-refractivity contribution in [3.8, 4) is 5.75 Å². The van der Waals surface area contributed by atoms with Gasteiger partial charge in [-0.3, -0.25) is 18.8 Å². The number of carbonyl (C=O) groups is 1. The lowest BCUT2D eigenvalue weighted by molar-refractivity contribution is -0.137. The van der Waals surface area contributed by atoms with Gasteiger partial charge in [0.25, 0.3) is 5.91 Å². The molecule has 9 nitrogen and oxygen atoms in total. The SMILES string of the molecule is Cc1ncc2c(N)nc3cc(Cl)c(C(=O)N(c4cnn(C)c4)[C@@H]4COc5cc(C(F)(F)F)ccc54)cc3n12. The van der Waals surface area contributed by atoms with Gasteiger partial charge in [-0.25, -0.2) is 9.97 Å². The Balaban J connectivity index is 1.50. The van der Waals surface area contributed by atoms with Crippen molar-refractivity contribution < 1.29 is 22.7 Å². The standard InChI is InChI=1S/C25H19ClF3N7O2/c1-12-31-9-20-23(30)33-18-7-17(26)16(6-19(18)35(12)20)24(37)36(14-8-32-34(2)10-14)21-11-38-22-5-13(25(27,28)29)3-4-15(21)22/h3-10,21H,11H2,1-2H3,(H2,30,33)/t21-/m1/s1. The first-order valence-corrected chi connectivity index (χ1v) is 11.8. The normalized spacial score (nSPS) is 15.2. The second kappa shape index (κ2) is 8.35. The number of nitrogens with zero attached hydrogens (tertiary/aromatic N) is 6. The number of halogens is 4. The largest absolute Gasteiger partial charge is 0.491 e. The Morgan fingerprint density at radius 3 is 2.71 bits per heavy atom. The minimum Gasteiger partial charge on any atom is -0.491 e. The lowest BCUT2D eigenvalue weighted by Gasteiger charge is -2.27. The van der Waals surface area contributed by atoms with E-state index in [-0.39, 0.29) is 28.8 Å². The van der Waals surface area contributed by atoms with Crippen molar-refractivity contribution in [2.24, 2.45) is 7.05 Å². The number of hydrogen-bond acceptors (Lipinski definition) is 6.